The molecule has 3 saturated heterocycles. The number of amides is 6. The van der Waals surface area contributed by atoms with Crippen LogP contribution in [0.3, 0.4) is 0 Å². The summed E-state index contributed by atoms with van der Waals surface area (Å²) in [6.45, 7) is 30.6. The van der Waals surface area contributed by atoms with E-state index in [9.17, 15) is 47.9 Å². The Bertz CT molecular complexity index is 2190. The Morgan fingerprint density at radius 1 is 0.681 bits per heavy atom. The molecule has 6 aliphatic rings. The highest BCUT2D eigenvalue weighted by molar-refractivity contribution is 6.36. The Hall–Kier alpha value is -4.39. The molecule has 2 spiro atoms. The van der Waals surface area contributed by atoms with Crippen LogP contribution in [-0.4, -0.2) is 105 Å². The van der Waals surface area contributed by atoms with Crippen molar-refractivity contribution in [1.82, 2.24) is 14.7 Å². The molecule has 0 radical (unpaired) electrons. The molecule has 402 valence electrons. The molecule has 15 heteroatoms. The number of nitrogens with zero attached hydrogens (tertiary/aromatic N) is 4. The van der Waals surface area contributed by atoms with Gasteiger partial charge in [0.1, 0.15) is 5.78 Å². The summed E-state index contributed by atoms with van der Waals surface area (Å²) in [5.74, 6) is -4.56. The van der Waals surface area contributed by atoms with E-state index in [4.69, 9.17) is 5.73 Å². The number of piperidine rings is 2. The molecule has 2 unspecified atom stereocenters. The zero-order chi connectivity index (χ0) is 54.5. The summed E-state index contributed by atoms with van der Waals surface area (Å²) in [7, 11) is 0. The molecule has 0 aromatic heterocycles. The van der Waals surface area contributed by atoms with Crippen LogP contribution >= 0.6 is 0 Å². The van der Waals surface area contributed by atoms with Gasteiger partial charge in [0.05, 0.1) is 18.6 Å². The summed E-state index contributed by atoms with van der Waals surface area (Å²) in [6, 6.07) is -1.16. The molecule has 0 aromatic carbocycles. The van der Waals surface area contributed by atoms with Gasteiger partial charge in [-0.3, -0.25) is 53.0 Å². The van der Waals surface area contributed by atoms with Gasteiger partial charge in [-0.15, -0.1) is 0 Å². The van der Waals surface area contributed by atoms with Crippen LogP contribution in [0, 0.1) is 67.0 Å². The normalized spacial score (nSPS) is 26.1. The second-order valence-electron chi connectivity index (χ2n) is 28.3. The van der Waals surface area contributed by atoms with Gasteiger partial charge in [-0.1, -0.05) is 130 Å². The third-order valence-corrected chi connectivity index (χ3v) is 18.5. The van der Waals surface area contributed by atoms with E-state index in [-0.39, 0.29) is 125 Å². The van der Waals surface area contributed by atoms with E-state index in [0.717, 1.165) is 38.5 Å². The first-order chi connectivity index (χ1) is 32.8. The summed E-state index contributed by atoms with van der Waals surface area (Å²) < 4.78 is 0. The van der Waals surface area contributed by atoms with Crippen molar-refractivity contribution >= 4 is 58.9 Å². The number of ketones is 3. The molecule has 6 rings (SSSR count). The maximum absolute atomic E-state index is 15.0. The molecule has 6 atom stereocenters. The molecule has 15 nitrogen and oxygen atoms in total. The summed E-state index contributed by atoms with van der Waals surface area (Å²) in [5, 5.41) is 0. The van der Waals surface area contributed by atoms with Crippen LogP contribution in [-0.2, 0) is 47.9 Å². The number of carbonyl (C=O) groups excluding carboxylic acids is 10. The second kappa shape index (κ2) is 20.7. The molecule has 0 bridgehead atoms. The quantitative estimate of drug-likeness (QED) is 0.0635. The highest BCUT2D eigenvalue weighted by atomic mass is 16.2. The fourth-order valence-electron chi connectivity index (χ4n) is 13.1. The number of nitrogens with two attached hydrogens (primary N) is 1. The standard InChI is InChI=1S/C43H67N3O7.C14H22N2O3/c1-38(2,3)28(24-45-33(49)22-40(7,8)23-34(45)50)19-29(47)20-30(39(4,5)6)37(53)46-25-43(41(9,10)42(43)15-12-16-42)21-31(46)32(48)18-27(35(51)36(44)52)17-26-13-11-14-26;1-13(2,3)10(15-9-17)8-16-11(18)6-14(4,5)7-12(16)19/h26-28,30-31H,11-25H2,1-10H3,(H2,44,52);10H,6-8H2,1-5H3/t27?,28-,30-,31+,43?;10-/m11/s1. The molecular weight excluding hydrogens is 915 g/mol. The first kappa shape index (κ1) is 58.5. The zero-order valence-corrected chi connectivity index (χ0v) is 46.6. The summed E-state index contributed by atoms with van der Waals surface area (Å²) in [5.41, 5.74) is 3.26. The van der Waals surface area contributed by atoms with E-state index in [2.05, 4.69) is 18.8 Å². The lowest BCUT2D eigenvalue weighted by molar-refractivity contribution is -0.155. The molecule has 3 aliphatic carbocycles. The molecule has 3 saturated carbocycles. The van der Waals surface area contributed by atoms with Crippen molar-refractivity contribution in [2.75, 3.05) is 19.6 Å². The first-order valence-electron chi connectivity index (χ1n) is 26.8. The number of imide groups is 2. The monoisotopic (exact) mass is 1000 g/mol. The smallest absolute Gasteiger partial charge is 0.285 e. The van der Waals surface area contributed by atoms with Crippen LogP contribution in [0.2, 0.25) is 0 Å². The number of primary amides is 1. The highest BCUT2D eigenvalue weighted by Gasteiger charge is 2.85. The van der Waals surface area contributed by atoms with Gasteiger partial charge < -0.3 is 10.6 Å². The summed E-state index contributed by atoms with van der Waals surface area (Å²) >= 11 is 0. The SMILES string of the molecule is CC1(C)CC(=O)N(C[C@@H](CC(=O)C[C@H](C(=O)N2CC3(C[C@H]2C(=O)CC(CC2CCC2)C(=O)C(N)=O)C(C)(C)C32CCC2)C(C)(C)C)C(C)(C)C)C(=O)C1.CC1(C)CC(=O)N(C[C@@H](N=C=O)C(C)(C)C)C(=O)C1. The van der Waals surface area contributed by atoms with Crippen molar-refractivity contribution in [3.8, 4) is 0 Å². The second-order valence-corrected chi connectivity index (χ2v) is 28.3. The minimum absolute atomic E-state index is 0.0206. The van der Waals surface area contributed by atoms with Gasteiger partial charge in [0.25, 0.3) is 5.91 Å². The van der Waals surface area contributed by atoms with E-state index < -0.39 is 51.9 Å². The Morgan fingerprint density at radius 3 is 1.56 bits per heavy atom. The first-order valence-corrected chi connectivity index (χ1v) is 26.8. The Kier molecular flexibility index (Phi) is 16.8. The van der Waals surface area contributed by atoms with Gasteiger partial charge in [0, 0.05) is 75.3 Å². The van der Waals surface area contributed by atoms with Crippen molar-refractivity contribution in [3.63, 3.8) is 0 Å². The van der Waals surface area contributed by atoms with Crippen molar-refractivity contribution in [2.24, 2.45) is 77.7 Å². The zero-order valence-electron chi connectivity index (χ0n) is 46.6. The number of rotatable bonds is 17. The molecule has 2 N–H and O–H groups in total. The maximum Gasteiger partial charge on any atom is 0.285 e. The molecule has 72 heavy (non-hydrogen) atoms. The van der Waals surface area contributed by atoms with E-state index in [1.165, 1.54) is 15.9 Å². The third kappa shape index (κ3) is 12.2. The predicted octanol–water partition coefficient (Wildman–Crippen LogP) is 8.37. The van der Waals surface area contributed by atoms with Crippen LogP contribution in [0.4, 0.5) is 0 Å². The fourth-order valence-corrected chi connectivity index (χ4v) is 13.1. The van der Waals surface area contributed by atoms with Gasteiger partial charge in [-0.25, -0.2) is 9.79 Å². The van der Waals surface area contributed by atoms with Gasteiger partial charge in [0.2, 0.25) is 41.4 Å². The van der Waals surface area contributed by atoms with Crippen LogP contribution < -0.4 is 5.73 Å². The molecular formula is C57H89N5O10. The average molecular weight is 1000 g/mol. The Balaban J connectivity index is 0.000000425. The van der Waals surface area contributed by atoms with E-state index in [1.807, 2.05) is 90.0 Å². The number of aliphatic imine (C=N–C) groups is 1. The largest absolute Gasteiger partial charge is 0.363 e. The number of Topliss-reactive ketones (excluding diaryl/α,β-unsaturated/α-hetero) is 3. The highest BCUT2D eigenvalue weighted by Crippen LogP contribution is 2.88. The lowest BCUT2D eigenvalue weighted by atomic mass is 9.73. The van der Waals surface area contributed by atoms with Crippen LogP contribution in [0.5, 0.6) is 0 Å². The number of hydrogen-bond donors (Lipinski definition) is 1. The third-order valence-electron chi connectivity index (χ3n) is 18.5. The Morgan fingerprint density at radius 2 is 1.18 bits per heavy atom. The average Bonchev–Trinajstić information content (AvgIpc) is 3.38. The van der Waals surface area contributed by atoms with Crippen LogP contribution in [0.15, 0.2) is 4.99 Å². The maximum atomic E-state index is 15.0. The van der Waals surface area contributed by atoms with Crippen LogP contribution in [0.25, 0.3) is 0 Å². The minimum Gasteiger partial charge on any atom is -0.363 e. The topological polar surface area (TPSA) is 219 Å². The van der Waals surface area contributed by atoms with E-state index in [1.54, 1.807) is 4.90 Å². The van der Waals surface area contributed by atoms with Gasteiger partial charge in [-0.05, 0) is 75.4 Å². The molecule has 6 amide bonds. The van der Waals surface area contributed by atoms with Gasteiger partial charge in [0.15, 0.2) is 5.78 Å². The number of fused-ring (bicyclic) bond motifs is 1. The number of isocyanates is 1. The number of hydrogen-bond acceptors (Lipinski definition) is 11. The minimum atomic E-state index is -1.02. The molecule has 6 fully saturated rings. The van der Waals surface area contributed by atoms with Crippen molar-refractivity contribution in [2.45, 2.75) is 212 Å². The molecule has 0 aromatic rings. The fraction of sp³-hybridized carbons (Fsp3) is 0.825. The summed E-state index contributed by atoms with van der Waals surface area (Å²) in [6.07, 6.45) is 9.97. The Labute approximate surface area is 429 Å². The number of likely N-dealkylation sites (tertiary alicyclic amines) is 3. The van der Waals surface area contributed by atoms with Crippen molar-refractivity contribution in [1.29, 1.82) is 0 Å². The van der Waals surface area contributed by atoms with Gasteiger partial charge >= 0.3 is 0 Å². The van der Waals surface area contributed by atoms with Crippen molar-refractivity contribution < 1.29 is 47.9 Å². The van der Waals surface area contributed by atoms with E-state index >= 15 is 0 Å². The van der Waals surface area contributed by atoms with E-state index in [0.29, 0.717) is 32.2 Å². The molecule has 3 aliphatic heterocycles. The predicted molar refractivity (Wildman–Crippen MR) is 273 cm³/mol. The molecule has 3 heterocycles. The van der Waals surface area contributed by atoms with Crippen LogP contribution in [0.1, 0.15) is 200 Å². The lowest BCUT2D eigenvalue weighted by Crippen LogP contribution is -2.50. The lowest BCUT2D eigenvalue weighted by Gasteiger charge is -2.40. The van der Waals surface area contributed by atoms with Gasteiger partial charge in [-0.2, -0.15) is 0 Å². The van der Waals surface area contributed by atoms with Crippen molar-refractivity contribution in [3.05, 3.63) is 0 Å². The summed E-state index contributed by atoms with van der Waals surface area (Å²) in [4.78, 5) is 137. The number of carbonyl (C=O) groups is 9.